The molecule has 90 valence electrons. The van der Waals surface area contributed by atoms with Gasteiger partial charge in [-0.2, -0.15) is 13.2 Å². The number of hydrogen-bond acceptors (Lipinski definition) is 2. The Kier molecular flexibility index (Phi) is 4.40. The van der Waals surface area contributed by atoms with Crippen LogP contribution in [-0.4, -0.2) is 31.3 Å². The van der Waals surface area contributed by atoms with E-state index in [0.29, 0.717) is 13.1 Å². The summed E-state index contributed by atoms with van der Waals surface area (Å²) in [6.07, 6.45) is 0.606. The first kappa shape index (κ1) is 12.8. The molecule has 1 fully saturated rings. The molecule has 1 saturated carbocycles. The maximum Gasteiger partial charge on any atom is 0.401 e. The summed E-state index contributed by atoms with van der Waals surface area (Å²) in [5.41, 5.74) is 0.153. The van der Waals surface area contributed by atoms with Crippen molar-refractivity contribution in [2.24, 2.45) is 0 Å². The van der Waals surface area contributed by atoms with Crippen molar-refractivity contribution in [1.82, 2.24) is 10.6 Å². The molecule has 5 heteroatoms. The average Bonchev–Trinajstić information content (AvgIpc) is 2.50. The highest BCUT2D eigenvalue weighted by molar-refractivity contribution is 4.88. The molecule has 1 aliphatic carbocycles. The van der Waals surface area contributed by atoms with E-state index in [0.717, 1.165) is 12.8 Å². The summed E-state index contributed by atoms with van der Waals surface area (Å²) in [5, 5.41) is 5.69. The monoisotopic (exact) mass is 224 g/mol. The van der Waals surface area contributed by atoms with E-state index in [9.17, 15) is 13.2 Å². The Hall–Kier alpha value is -0.290. The van der Waals surface area contributed by atoms with Crippen LogP contribution in [0.4, 0.5) is 13.2 Å². The Bertz CT molecular complexity index is 186. The smallest absolute Gasteiger partial charge is 0.310 e. The Labute approximate surface area is 88.6 Å². The number of nitrogens with one attached hydrogen (secondary N) is 2. The van der Waals surface area contributed by atoms with Crippen molar-refractivity contribution in [1.29, 1.82) is 0 Å². The molecule has 2 nitrogen and oxygen atoms in total. The van der Waals surface area contributed by atoms with Crippen molar-refractivity contribution < 1.29 is 13.2 Å². The lowest BCUT2D eigenvalue weighted by Crippen LogP contribution is -2.44. The van der Waals surface area contributed by atoms with Crippen molar-refractivity contribution in [3.05, 3.63) is 0 Å². The van der Waals surface area contributed by atoms with Gasteiger partial charge in [-0.15, -0.1) is 0 Å². The van der Waals surface area contributed by atoms with E-state index < -0.39 is 12.7 Å². The molecule has 0 aromatic heterocycles. The SMILES string of the molecule is CC1(NCCNCC(F)(F)F)CCCC1. The molecule has 0 heterocycles. The second kappa shape index (κ2) is 5.16. The fraction of sp³-hybridized carbons (Fsp3) is 1.00. The highest BCUT2D eigenvalue weighted by atomic mass is 19.4. The van der Waals surface area contributed by atoms with E-state index in [1.807, 2.05) is 0 Å². The average molecular weight is 224 g/mol. The quantitative estimate of drug-likeness (QED) is 0.698. The van der Waals surface area contributed by atoms with Crippen LogP contribution in [-0.2, 0) is 0 Å². The molecule has 0 saturated heterocycles. The molecular formula is C10H19F3N2. The Morgan fingerprint density at radius 3 is 2.27 bits per heavy atom. The second-order valence-electron chi connectivity index (χ2n) is 4.49. The number of hydrogen-bond donors (Lipinski definition) is 2. The zero-order valence-corrected chi connectivity index (χ0v) is 9.08. The first-order chi connectivity index (χ1) is 6.91. The molecular weight excluding hydrogens is 205 g/mol. The molecule has 0 aromatic rings. The van der Waals surface area contributed by atoms with E-state index >= 15 is 0 Å². The zero-order chi connectivity index (χ0) is 11.4. The van der Waals surface area contributed by atoms with Crippen LogP contribution in [0.3, 0.4) is 0 Å². The lowest BCUT2D eigenvalue weighted by Gasteiger charge is -2.25. The standard InChI is InChI=1S/C10H19F3N2/c1-9(4-2-3-5-9)15-7-6-14-8-10(11,12)13/h14-15H,2-8H2,1H3. The molecule has 0 aliphatic heterocycles. The van der Waals surface area contributed by atoms with Crippen molar-refractivity contribution >= 4 is 0 Å². The van der Waals surface area contributed by atoms with Gasteiger partial charge in [0.05, 0.1) is 6.54 Å². The van der Waals surface area contributed by atoms with Gasteiger partial charge in [-0.3, -0.25) is 0 Å². The molecule has 0 atom stereocenters. The van der Waals surface area contributed by atoms with Gasteiger partial charge >= 0.3 is 6.18 Å². The van der Waals surface area contributed by atoms with Gasteiger partial charge in [-0.25, -0.2) is 0 Å². The topological polar surface area (TPSA) is 24.1 Å². The van der Waals surface area contributed by atoms with Crippen LogP contribution >= 0.6 is 0 Å². The van der Waals surface area contributed by atoms with Gasteiger partial charge in [0, 0.05) is 18.6 Å². The minimum atomic E-state index is -4.10. The second-order valence-corrected chi connectivity index (χ2v) is 4.49. The molecule has 2 N–H and O–H groups in total. The van der Waals surface area contributed by atoms with E-state index in [-0.39, 0.29) is 5.54 Å². The minimum Gasteiger partial charge on any atom is -0.310 e. The van der Waals surface area contributed by atoms with Crippen LogP contribution in [0.2, 0.25) is 0 Å². The van der Waals surface area contributed by atoms with Gasteiger partial charge in [-0.1, -0.05) is 12.8 Å². The normalized spacial score (nSPS) is 20.8. The van der Waals surface area contributed by atoms with Crippen LogP contribution in [0.25, 0.3) is 0 Å². The summed E-state index contributed by atoms with van der Waals surface area (Å²) in [6, 6.07) is 0. The van der Waals surface area contributed by atoms with Crippen LogP contribution in [0.1, 0.15) is 32.6 Å². The summed E-state index contributed by atoms with van der Waals surface area (Å²) in [4.78, 5) is 0. The van der Waals surface area contributed by atoms with Crippen LogP contribution < -0.4 is 10.6 Å². The van der Waals surface area contributed by atoms with Crippen molar-refractivity contribution in [3.8, 4) is 0 Å². The third-order valence-corrected chi connectivity index (χ3v) is 2.89. The number of halogens is 3. The lowest BCUT2D eigenvalue weighted by atomic mass is 10.0. The Balaban J connectivity index is 2.02. The zero-order valence-electron chi connectivity index (χ0n) is 9.08. The van der Waals surface area contributed by atoms with Crippen molar-refractivity contribution in [2.75, 3.05) is 19.6 Å². The molecule has 0 aromatic carbocycles. The van der Waals surface area contributed by atoms with Crippen LogP contribution in [0.5, 0.6) is 0 Å². The van der Waals surface area contributed by atoms with E-state index in [1.165, 1.54) is 12.8 Å². The van der Waals surface area contributed by atoms with E-state index in [4.69, 9.17) is 0 Å². The predicted molar refractivity (Wildman–Crippen MR) is 53.8 cm³/mol. The third kappa shape index (κ3) is 5.37. The number of rotatable bonds is 5. The molecule has 0 amide bonds. The Morgan fingerprint density at radius 2 is 1.73 bits per heavy atom. The van der Waals surface area contributed by atoms with Gasteiger partial charge in [0.15, 0.2) is 0 Å². The van der Waals surface area contributed by atoms with Crippen LogP contribution in [0, 0.1) is 0 Å². The van der Waals surface area contributed by atoms with E-state index in [1.54, 1.807) is 0 Å². The van der Waals surface area contributed by atoms with Crippen molar-refractivity contribution in [3.63, 3.8) is 0 Å². The molecule has 0 radical (unpaired) electrons. The molecule has 1 aliphatic rings. The molecule has 15 heavy (non-hydrogen) atoms. The maximum atomic E-state index is 11.8. The van der Waals surface area contributed by atoms with Gasteiger partial charge in [0.1, 0.15) is 0 Å². The minimum absolute atomic E-state index is 0.153. The summed E-state index contributed by atoms with van der Waals surface area (Å²) < 4.78 is 35.3. The van der Waals surface area contributed by atoms with Crippen LogP contribution in [0.15, 0.2) is 0 Å². The molecule has 0 spiro atoms. The third-order valence-electron chi connectivity index (χ3n) is 2.89. The van der Waals surface area contributed by atoms with E-state index in [2.05, 4.69) is 17.6 Å². The number of alkyl halides is 3. The van der Waals surface area contributed by atoms with Gasteiger partial charge in [-0.05, 0) is 19.8 Å². The Morgan fingerprint density at radius 1 is 1.13 bits per heavy atom. The summed E-state index contributed by atoms with van der Waals surface area (Å²) >= 11 is 0. The molecule has 0 unspecified atom stereocenters. The van der Waals surface area contributed by atoms with Gasteiger partial charge in [0.25, 0.3) is 0 Å². The largest absolute Gasteiger partial charge is 0.401 e. The predicted octanol–water partition coefficient (Wildman–Crippen LogP) is 2.06. The summed E-state index contributed by atoms with van der Waals surface area (Å²) in [6.45, 7) is 2.22. The first-order valence-electron chi connectivity index (χ1n) is 5.44. The first-order valence-corrected chi connectivity index (χ1v) is 5.44. The summed E-state index contributed by atoms with van der Waals surface area (Å²) in [7, 11) is 0. The van der Waals surface area contributed by atoms with Crippen molar-refractivity contribution in [2.45, 2.75) is 44.3 Å². The van der Waals surface area contributed by atoms with Gasteiger partial charge in [0.2, 0.25) is 0 Å². The highest BCUT2D eigenvalue weighted by Gasteiger charge is 2.28. The molecule has 0 bridgehead atoms. The lowest BCUT2D eigenvalue weighted by molar-refractivity contribution is -0.124. The molecule has 1 rings (SSSR count). The summed E-state index contributed by atoms with van der Waals surface area (Å²) in [5.74, 6) is 0. The van der Waals surface area contributed by atoms with Gasteiger partial charge < -0.3 is 10.6 Å². The fourth-order valence-corrected chi connectivity index (χ4v) is 2.01. The fourth-order valence-electron chi connectivity index (χ4n) is 2.01. The highest BCUT2D eigenvalue weighted by Crippen LogP contribution is 2.28. The maximum absolute atomic E-state index is 11.8.